The molecule has 27 heavy (non-hydrogen) atoms. The molecule has 1 nitrogen and oxygen atoms in total. The van der Waals surface area contributed by atoms with E-state index in [0.29, 0.717) is 0 Å². The van der Waals surface area contributed by atoms with E-state index in [2.05, 4.69) is 77.8 Å². The highest BCUT2D eigenvalue weighted by Gasteiger charge is 2.09. The van der Waals surface area contributed by atoms with Crippen LogP contribution in [0.1, 0.15) is 66.0 Å². The second kappa shape index (κ2) is 24.1. The SMILES string of the molecule is C=C.C=CCC(C)(C)/C=C/C=C\C(C)N.CC.CC.Cc1ccc(C)cc1. The van der Waals surface area contributed by atoms with Gasteiger partial charge in [0.1, 0.15) is 0 Å². The lowest BCUT2D eigenvalue weighted by Gasteiger charge is -2.16. The van der Waals surface area contributed by atoms with Crippen molar-refractivity contribution in [3.05, 3.63) is 85.5 Å². The van der Waals surface area contributed by atoms with Crippen molar-refractivity contribution < 1.29 is 0 Å². The minimum atomic E-state index is 0.132. The first-order valence-electron chi connectivity index (χ1n) is 10.0. The molecule has 1 aromatic carbocycles. The van der Waals surface area contributed by atoms with E-state index in [9.17, 15) is 0 Å². The van der Waals surface area contributed by atoms with Gasteiger partial charge in [0.05, 0.1) is 0 Å². The fourth-order valence-corrected chi connectivity index (χ4v) is 1.63. The lowest BCUT2D eigenvalue weighted by Crippen LogP contribution is -2.10. The summed E-state index contributed by atoms with van der Waals surface area (Å²) in [6.07, 6.45) is 11.1. The largest absolute Gasteiger partial charge is 0.325 e. The van der Waals surface area contributed by atoms with E-state index >= 15 is 0 Å². The second-order valence-electron chi connectivity index (χ2n) is 6.24. The van der Waals surface area contributed by atoms with E-state index in [4.69, 9.17) is 5.73 Å². The molecule has 2 N–H and O–H groups in total. The molecule has 0 aliphatic heterocycles. The zero-order valence-corrected chi connectivity index (χ0v) is 19.7. The Morgan fingerprint density at radius 3 is 1.59 bits per heavy atom. The van der Waals surface area contributed by atoms with Crippen LogP contribution in [-0.2, 0) is 0 Å². The second-order valence-corrected chi connectivity index (χ2v) is 6.24. The van der Waals surface area contributed by atoms with Crippen LogP contribution in [0.4, 0.5) is 0 Å². The number of aryl methyl sites for hydroxylation is 2. The molecule has 0 saturated carbocycles. The van der Waals surface area contributed by atoms with Gasteiger partial charge in [-0.3, -0.25) is 0 Å². The number of hydrogen-bond donors (Lipinski definition) is 1. The summed E-state index contributed by atoms with van der Waals surface area (Å²) in [7, 11) is 0. The molecule has 0 saturated heterocycles. The zero-order valence-electron chi connectivity index (χ0n) is 19.7. The van der Waals surface area contributed by atoms with Gasteiger partial charge in [0.25, 0.3) is 0 Å². The highest BCUT2D eigenvalue weighted by molar-refractivity contribution is 5.19. The van der Waals surface area contributed by atoms with E-state index in [1.165, 1.54) is 11.1 Å². The highest BCUT2D eigenvalue weighted by Crippen LogP contribution is 2.22. The predicted molar refractivity (Wildman–Crippen MR) is 130 cm³/mol. The maximum Gasteiger partial charge on any atom is 0.0197 e. The average Bonchev–Trinajstić information content (AvgIpc) is 2.67. The predicted octanol–water partition coefficient (Wildman–Crippen LogP) is 8.21. The Balaban J connectivity index is -0.000000161. The summed E-state index contributed by atoms with van der Waals surface area (Å²) >= 11 is 0. The van der Waals surface area contributed by atoms with Crippen molar-refractivity contribution in [2.75, 3.05) is 0 Å². The third-order valence-electron chi connectivity index (χ3n) is 2.96. The molecule has 1 rings (SSSR count). The quantitative estimate of drug-likeness (QED) is 0.408. The number of hydrogen-bond acceptors (Lipinski definition) is 1. The molecule has 0 fully saturated rings. The van der Waals surface area contributed by atoms with Crippen molar-refractivity contribution in [2.45, 2.75) is 74.8 Å². The van der Waals surface area contributed by atoms with Crippen molar-refractivity contribution in [1.82, 2.24) is 0 Å². The first-order valence-corrected chi connectivity index (χ1v) is 10.0. The molecule has 1 heteroatoms. The molecule has 0 radical (unpaired) electrons. The number of nitrogens with two attached hydrogens (primary N) is 1. The van der Waals surface area contributed by atoms with E-state index in [1.807, 2.05) is 58.9 Å². The molecular formula is C26H47N. The molecule has 0 aromatic heterocycles. The van der Waals surface area contributed by atoms with Gasteiger partial charge in [0, 0.05) is 6.04 Å². The van der Waals surface area contributed by atoms with Gasteiger partial charge >= 0.3 is 0 Å². The Labute approximate surface area is 171 Å². The van der Waals surface area contributed by atoms with Crippen LogP contribution in [0.2, 0.25) is 0 Å². The fourth-order valence-electron chi connectivity index (χ4n) is 1.63. The standard InChI is InChI=1S/C12H21N.C8H10.2C2H6.C2H4/c1-5-9-12(3,4)10-7-6-8-11(2)13;1-7-3-5-8(2)6-4-7;3*1-2/h5-8,10-11H,1,9,13H2,2-4H3;3-6H,1-2H3;2*1-2H3;1-2H2/b8-6-,10-7+;;;;. The van der Waals surface area contributed by atoms with E-state index in [0.717, 1.165) is 6.42 Å². The monoisotopic (exact) mass is 373 g/mol. The van der Waals surface area contributed by atoms with Crippen molar-refractivity contribution in [3.63, 3.8) is 0 Å². The molecule has 156 valence electrons. The van der Waals surface area contributed by atoms with Gasteiger partial charge in [-0.25, -0.2) is 0 Å². The minimum Gasteiger partial charge on any atom is -0.325 e. The first-order chi connectivity index (χ1) is 12.8. The summed E-state index contributed by atoms with van der Waals surface area (Å²) in [6.45, 7) is 28.3. The Bertz CT molecular complexity index is 440. The molecule has 0 spiro atoms. The third kappa shape index (κ3) is 29.2. The van der Waals surface area contributed by atoms with Crippen LogP contribution in [0.25, 0.3) is 0 Å². The number of allylic oxidation sites excluding steroid dienone is 4. The van der Waals surface area contributed by atoms with Crippen LogP contribution in [-0.4, -0.2) is 6.04 Å². The molecule has 0 aliphatic rings. The maximum absolute atomic E-state index is 5.56. The van der Waals surface area contributed by atoms with Gasteiger partial charge in [-0.1, -0.05) is 107 Å². The molecular weight excluding hydrogens is 326 g/mol. The van der Waals surface area contributed by atoms with Gasteiger partial charge in [-0.05, 0) is 32.6 Å². The van der Waals surface area contributed by atoms with Crippen molar-refractivity contribution >= 4 is 0 Å². The number of rotatable bonds is 5. The van der Waals surface area contributed by atoms with Crippen LogP contribution in [0, 0.1) is 19.3 Å². The summed E-state index contributed by atoms with van der Waals surface area (Å²) in [6, 6.07) is 8.61. The topological polar surface area (TPSA) is 26.0 Å². The van der Waals surface area contributed by atoms with Crippen molar-refractivity contribution in [2.24, 2.45) is 11.1 Å². The van der Waals surface area contributed by atoms with Crippen LogP contribution in [0.15, 0.2) is 74.4 Å². The summed E-state index contributed by atoms with van der Waals surface area (Å²) < 4.78 is 0. The molecule has 1 unspecified atom stereocenters. The van der Waals surface area contributed by atoms with Crippen molar-refractivity contribution in [3.8, 4) is 0 Å². The lowest BCUT2D eigenvalue weighted by molar-refractivity contribution is 0.489. The normalized spacial score (nSPS) is 10.7. The van der Waals surface area contributed by atoms with E-state index in [1.54, 1.807) is 0 Å². The van der Waals surface area contributed by atoms with Crippen LogP contribution >= 0.6 is 0 Å². The van der Waals surface area contributed by atoms with Gasteiger partial charge < -0.3 is 5.73 Å². The zero-order chi connectivity index (χ0) is 22.3. The molecule has 1 atom stereocenters. The summed E-state index contributed by atoms with van der Waals surface area (Å²) in [5.41, 5.74) is 8.42. The third-order valence-corrected chi connectivity index (χ3v) is 2.96. The minimum absolute atomic E-state index is 0.132. The molecule has 0 amide bonds. The molecule has 0 heterocycles. The lowest BCUT2D eigenvalue weighted by atomic mass is 9.89. The molecule has 0 bridgehead atoms. The van der Waals surface area contributed by atoms with E-state index < -0.39 is 0 Å². The average molecular weight is 374 g/mol. The van der Waals surface area contributed by atoms with Gasteiger partial charge in [0.2, 0.25) is 0 Å². The van der Waals surface area contributed by atoms with Crippen LogP contribution in [0.5, 0.6) is 0 Å². The molecule has 0 aliphatic carbocycles. The Kier molecular flexibility index (Phi) is 29.3. The number of benzene rings is 1. The van der Waals surface area contributed by atoms with Crippen LogP contribution < -0.4 is 5.73 Å². The first kappa shape index (κ1) is 32.8. The maximum atomic E-state index is 5.56. The fraction of sp³-hybridized carbons (Fsp3) is 0.462. The van der Waals surface area contributed by atoms with Gasteiger partial charge in [-0.15, -0.1) is 19.7 Å². The Morgan fingerprint density at radius 1 is 0.926 bits per heavy atom. The van der Waals surface area contributed by atoms with Gasteiger partial charge in [-0.2, -0.15) is 0 Å². The summed E-state index contributed by atoms with van der Waals surface area (Å²) in [5, 5.41) is 0. The van der Waals surface area contributed by atoms with Crippen molar-refractivity contribution in [1.29, 1.82) is 0 Å². The summed E-state index contributed by atoms with van der Waals surface area (Å²) in [4.78, 5) is 0. The molecule has 1 aromatic rings. The van der Waals surface area contributed by atoms with Crippen LogP contribution in [0.3, 0.4) is 0 Å². The Morgan fingerprint density at radius 2 is 1.30 bits per heavy atom. The van der Waals surface area contributed by atoms with Gasteiger partial charge in [0.15, 0.2) is 0 Å². The Hall–Kier alpha value is -1.86. The van der Waals surface area contributed by atoms with E-state index in [-0.39, 0.29) is 11.5 Å². The smallest absolute Gasteiger partial charge is 0.0197 e. The highest BCUT2D eigenvalue weighted by atomic mass is 14.6. The summed E-state index contributed by atoms with van der Waals surface area (Å²) in [5.74, 6) is 0.